The maximum atomic E-state index is 13.3. The van der Waals surface area contributed by atoms with E-state index in [1.807, 2.05) is 0 Å². The third kappa shape index (κ3) is 2.94. The molecule has 88 valence electrons. The van der Waals surface area contributed by atoms with E-state index in [0.29, 0.717) is 0 Å². The largest absolute Gasteiger partial charge is 0.573 e. The normalized spacial score (nSPS) is 11.4. The second-order valence-electron chi connectivity index (χ2n) is 2.84. The summed E-state index contributed by atoms with van der Waals surface area (Å²) in [5.41, 5.74) is -0.460. The van der Waals surface area contributed by atoms with Gasteiger partial charge in [0.1, 0.15) is 0 Å². The molecule has 0 aliphatic rings. The van der Waals surface area contributed by atoms with E-state index < -0.39 is 29.3 Å². The van der Waals surface area contributed by atoms with E-state index in [4.69, 9.17) is 0 Å². The third-order valence-corrected chi connectivity index (χ3v) is 2.26. The second kappa shape index (κ2) is 4.40. The minimum atomic E-state index is -5.05. The maximum Gasteiger partial charge on any atom is 0.573 e. The Morgan fingerprint density at radius 1 is 1.38 bits per heavy atom. The molecule has 0 fully saturated rings. The number of rotatable bonds is 2. The minimum absolute atomic E-state index is 0.211. The molecule has 1 rings (SSSR count). The van der Waals surface area contributed by atoms with Gasteiger partial charge in [0.2, 0.25) is 0 Å². The lowest BCUT2D eigenvalue weighted by Crippen LogP contribution is -2.19. The fraction of sp³-hybridized carbons (Fsp3) is 0.222. The molecule has 0 saturated carbocycles. The summed E-state index contributed by atoms with van der Waals surface area (Å²) in [5, 5.41) is 0. The Hall–Kier alpha value is -1.11. The van der Waals surface area contributed by atoms with Crippen LogP contribution in [0, 0.1) is 5.82 Å². The molecule has 0 atom stereocenters. The Labute approximate surface area is 96.3 Å². The van der Waals surface area contributed by atoms with Crippen molar-refractivity contribution in [3.8, 4) is 5.75 Å². The highest BCUT2D eigenvalue weighted by Gasteiger charge is 2.34. The molecule has 7 heteroatoms. The Morgan fingerprint density at radius 2 is 1.94 bits per heavy atom. The summed E-state index contributed by atoms with van der Waals surface area (Å²) in [6.07, 6.45) is -5.05. The molecular weight excluding hydrogens is 296 g/mol. The first-order chi connectivity index (χ1) is 7.22. The first-order valence-corrected chi connectivity index (χ1v) is 4.76. The van der Waals surface area contributed by atoms with E-state index in [2.05, 4.69) is 20.7 Å². The number of carbonyl (C=O) groups excluding carboxylic acids is 1. The zero-order valence-corrected chi connectivity index (χ0v) is 9.45. The zero-order chi connectivity index (χ0) is 12.5. The van der Waals surface area contributed by atoms with Crippen LogP contribution in [0.1, 0.15) is 17.3 Å². The number of Topliss-reactive ketones (excluding diaryl/α,β-unsaturated/α-hetero) is 1. The molecular formula is C9H5BrF4O2. The molecule has 0 saturated heterocycles. The van der Waals surface area contributed by atoms with Gasteiger partial charge in [0, 0.05) is 0 Å². The summed E-state index contributed by atoms with van der Waals surface area (Å²) >= 11 is 2.70. The number of benzene rings is 1. The van der Waals surface area contributed by atoms with Crippen molar-refractivity contribution in [3.63, 3.8) is 0 Å². The summed E-state index contributed by atoms with van der Waals surface area (Å²) in [7, 11) is 0. The Kier molecular flexibility index (Phi) is 3.57. The highest BCUT2D eigenvalue weighted by Crippen LogP contribution is 2.33. The average Bonchev–Trinajstić information content (AvgIpc) is 2.10. The predicted molar refractivity (Wildman–Crippen MR) is 50.8 cm³/mol. The molecule has 2 nitrogen and oxygen atoms in total. The first kappa shape index (κ1) is 13.0. The van der Waals surface area contributed by atoms with Crippen LogP contribution in [-0.4, -0.2) is 12.1 Å². The summed E-state index contributed by atoms with van der Waals surface area (Å²) in [5.74, 6) is -3.09. The topological polar surface area (TPSA) is 26.3 Å². The first-order valence-electron chi connectivity index (χ1n) is 3.97. The van der Waals surface area contributed by atoms with Crippen LogP contribution in [0.3, 0.4) is 0 Å². The zero-order valence-electron chi connectivity index (χ0n) is 7.86. The molecule has 0 radical (unpaired) electrons. The van der Waals surface area contributed by atoms with Gasteiger partial charge < -0.3 is 4.74 Å². The SMILES string of the molecule is CC(=O)c1ccc(Br)c(F)c1OC(F)(F)F. The minimum Gasteiger partial charge on any atom is -0.402 e. The van der Waals surface area contributed by atoms with Crippen LogP contribution in [0.5, 0.6) is 5.75 Å². The van der Waals surface area contributed by atoms with Crippen LogP contribution in [0.15, 0.2) is 16.6 Å². The molecule has 0 N–H and O–H groups in total. The van der Waals surface area contributed by atoms with Crippen LogP contribution in [0.4, 0.5) is 17.6 Å². The Bertz CT molecular complexity index is 428. The summed E-state index contributed by atoms with van der Waals surface area (Å²) in [6, 6.07) is 2.19. The molecule has 0 aliphatic carbocycles. The fourth-order valence-corrected chi connectivity index (χ4v) is 1.34. The van der Waals surface area contributed by atoms with E-state index >= 15 is 0 Å². The van der Waals surface area contributed by atoms with Crippen molar-refractivity contribution in [2.75, 3.05) is 0 Å². The molecule has 0 spiro atoms. The summed E-state index contributed by atoms with van der Waals surface area (Å²) in [4.78, 5) is 11.0. The van der Waals surface area contributed by atoms with E-state index in [9.17, 15) is 22.4 Å². The molecule has 1 aromatic carbocycles. The van der Waals surface area contributed by atoms with Gasteiger partial charge in [-0.15, -0.1) is 13.2 Å². The standard InChI is InChI=1S/C9H5BrF4O2/c1-4(15)5-2-3-6(10)7(11)8(5)16-9(12,13)14/h2-3H,1H3. The Balaban J connectivity index is 3.32. The van der Waals surface area contributed by atoms with Crippen LogP contribution < -0.4 is 4.74 Å². The lowest BCUT2D eigenvalue weighted by atomic mass is 10.1. The van der Waals surface area contributed by atoms with Gasteiger partial charge in [0.25, 0.3) is 0 Å². The third-order valence-electron chi connectivity index (χ3n) is 1.65. The van der Waals surface area contributed by atoms with Gasteiger partial charge in [-0.3, -0.25) is 4.79 Å². The van der Waals surface area contributed by atoms with Gasteiger partial charge in [-0.1, -0.05) is 0 Å². The van der Waals surface area contributed by atoms with E-state index in [-0.39, 0.29) is 4.47 Å². The van der Waals surface area contributed by atoms with Gasteiger partial charge in [-0.25, -0.2) is 4.39 Å². The van der Waals surface area contributed by atoms with Crippen LogP contribution in [-0.2, 0) is 0 Å². The number of hydrogen-bond donors (Lipinski definition) is 0. The molecule has 0 bridgehead atoms. The number of ketones is 1. The highest BCUT2D eigenvalue weighted by molar-refractivity contribution is 9.10. The molecule has 0 aliphatic heterocycles. The monoisotopic (exact) mass is 300 g/mol. The van der Waals surface area contributed by atoms with Crippen LogP contribution in [0.2, 0.25) is 0 Å². The molecule has 0 aromatic heterocycles. The second-order valence-corrected chi connectivity index (χ2v) is 3.70. The maximum absolute atomic E-state index is 13.3. The number of ether oxygens (including phenoxy) is 1. The van der Waals surface area contributed by atoms with Crippen molar-refractivity contribution in [2.45, 2.75) is 13.3 Å². The van der Waals surface area contributed by atoms with E-state index in [1.165, 1.54) is 0 Å². The van der Waals surface area contributed by atoms with Gasteiger partial charge in [-0.05, 0) is 35.0 Å². The van der Waals surface area contributed by atoms with Gasteiger partial charge in [0.05, 0.1) is 10.0 Å². The van der Waals surface area contributed by atoms with Crippen molar-refractivity contribution in [2.24, 2.45) is 0 Å². The molecule has 1 aromatic rings. The lowest BCUT2D eigenvalue weighted by Gasteiger charge is -2.13. The summed E-state index contributed by atoms with van der Waals surface area (Å²) < 4.78 is 52.5. The van der Waals surface area contributed by atoms with Gasteiger partial charge in [-0.2, -0.15) is 0 Å². The Morgan fingerprint density at radius 3 is 2.38 bits per heavy atom. The molecule has 16 heavy (non-hydrogen) atoms. The van der Waals surface area contributed by atoms with Crippen LogP contribution >= 0.6 is 15.9 Å². The number of hydrogen-bond acceptors (Lipinski definition) is 2. The van der Waals surface area contributed by atoms with E-state index in [1.54, 1.807) is 0 Å². The van der Waals surface area contributed by atoms with Crippen molar-refractivity contribution in [3.05, 3.63) is 28.0 Å². The number of alkyl halides is 3. The highest BCUT2D eigenvalue weighted by atomic mass is 79.9. The van der Waals surface area contributed by atoms with Crippen LogP contribution in [0.25, 0.3) is 0 Å². The number of carbonyl (C=O) groups is 1. The molecule has 0 heterocycles. The fourth-order valence-electron chi connectivity index (χ4n) is 1.02. The van der Waals surface area contributed by atoms with Crippen molar-refractivity contribution in [1.82, 2.24) is 0 Å². The van der Waals surface area contributed by atoms with Crippen molar-refractivity contribution < 1.29 is 27.1 Å². The smallest absolute Gasteiger partial charge is 0.402 e. The van der Waals surface area contributed by atoms with Gasteiger partial charge in [0.15, 0.2) is 17.3 Å². The molecule has 0 unspecified atom stereocenters. The number of halogens is 5. The quantitative estimate of drug-likeness (QED) is 0.615. The van der Waals surface area contributed by atoms with Gasteiger partial charge >= 0.3 is 6.36 Å². The summed E-state index contributed by atoms with van der Waals surface area (Å²) in [6.45, 7) is 1.02. The lowest BCUT2D eigenvalue weighted by molar-refractivity contribution is -0.275. The van der Waals surface area contributed by atoms with E-state index in [0.717, 1.165) is 19.1 Å². The van der Waals surface area contributed by atoms with Crippen molar-refractivity contribution in [1.29, 1.82) is 0 Å². The molecule has 0 amide bonds. The average molecular weight is 301 g/mol. The van der Waals surface area contributed by atoms with Crippen molar-refractivity contribution >= 4 is 21.7 Å². The predicted octanol–water partition coefficient (Wildman–Crippen LogP) is 3.69.